The van der Waals surface area contributed by atoms with E-state index in [-0.39, 0.29) is 0 Å². The van der Waals surface area contributed by atoms with Crippen LogP contribution < -0.4 is 5.73 Å². The van der Waals surface area contributed by atoms with Gasteiger partial charge >= 0.3 is 0 Å². The molecule has 0 spiro atoms. The standard InChI is InChI=1S/C6H11N.C6H14O/c7-6-4-2-1-3-5-6;1-5(2)6(3,4)7/h4H,1-3,5,7H2;5,7H,1-4H3. The predicted molar refractivity (Wildman–Crippen MR) is 61.9 cm³/mol. The summed E-state index contributed by atoms with van der Waals surface area (Å²) in [5, 5.41) is 9.09. The highest BCUT2D eigenvalue weighted by molar-refractivity contribution is 4.98. The highest BCUT2D eigenvalue weighted by atomic mass is 16.3. The fourth-order valence-corrected chi connectivity index (χ4v) is 0.863. The van der Waals surface area contributed by atoms with E-state index in [0.717, 1.165) is 12.1 Å². The van der Waals surface area contributed by atoms with Gasteiger partial charge in [-0.05, 0) is 45.4 Å². The fourth-order valence-electron chi connectivity index (χ4n) is 0.863. The van der Waals surface area contributed by atoms with Crippen LogP contribution in [-0.2, 0) is 0 Å². The van der Waals surface area contributed by atoms with Crippen LogP contribution in [0.3, 0.4) is 0 Å². The minimum atomic E-state index is -0.500. The molecule has 0 bridgehead atoms. The molecule has 0 heterocycles. The third-order valence-corrected chi connectivity index (χ3v) is 2.74. The van der Waals surface area contributed by atoms with Crippen LogP contribution in [0.4, 0.5) is 0 Å². The Kier molecular flexibility index (Phi) is 5.86. The Morgan fingerprint density at radius 3 is 2.00 bits per heavy atom. The summed E-state index contributed by atoms with van der Waals surface area (Å²) >= 11 is 0. The van der Waals surface area contributed by atoms with Crippen molar-refractivity contribution in [1.82, 2.24) is 0 Å². The lowest BCUT2D eigenvalue weighted by Crippen LogP contribution is -2.25. The predicted octanol–water partition coefficient (Wildman–Crippen LogP) is 2.82. The highest BCUT2D eigenvalue weighted by Crippen LogP contribution is 2.13. The maximum Gasteiger partial charge on any atom is 0.0614 e. The van der Waals surface area contributed by atoms with Gasteiger partial charge in [0.25, 0.3) is 0 Å². The second kappa shape index (κ2) is 6.07. The second-order valence-electron chi connectivity index (χ2n) is 4.83. The van der Waals surface area contributed by atoms with Crippen molar-refractivity contribution < 1.29 is 5.11 Å². The van der Waals surface area contributed by atoms with Gasteiger partial charge < -0.3 is 10.8 Å². The molecule has 84 valence electrons. The summed E-state index contributed by atoms with van der Waals surface area (Å²) in [6, 6.07) is 0. The molecule has 14 heavy (non-hydrogen) atoms. The second-order valence-corrected chi connectivity index (χ2v) is 4.83. The van der Waals surface area contributed by atoms with E-state index in [9.17, 15) is 0 Å². The molecule has 0 aromatic carbocycles. The summed E-state index contributed by atoms with van der Waals surface area (Å²) in [5.41, 5.74) is 6.08. The van der Waals surface area contributed by atoms with E-state index in [1.807, 2.05) is 27.7 Å². The van der Waals surface area contributed by atoms with Gasteiger partial charge in [-0.15, -0.1) is 0 Å². The van der Waals surface area contributed by atoms with Gasteiger partial charge in [0.15, 0.2) is 0 Å². The van der Waals surface area contributed by atoms with Crippen molar-refractivity contribution in [2.75, 3.05) is 0 Å². The summed E-state index contributed by atoms with van der Waals surface area (Å²) < 4.78 is 0. The molecule has 0 fully saturated rings. The number of hydrogen-bond donors (Lipinski definition) is 2. The van der Waals surface area contributed by atoms with Crippen LogP contribution in [0.5, 0.6) is 0 Å². The van der Waals surface area contributed by atoms with E-state index in [4.69, 9.17) is 10.8 Å². The van der Waals surface area contributed by atoms with Gasteiger partial charge in [-0.2, -0.15) is 0 Å². The molecule has 3 N–H and O–H groups in total. The van der Waals surface area contributed by atoms with E-state index in [1.54, 1.807) is 0 Å². The molecule has 0 amide bonds. The van der Waals surface area contributed by atoms with Crippen LogP contribution in [0.1, 0.15) is 53.4 Å². The topological polar surface area (TPSA) is 46.2 Å². The monoisotopic (exact) mass is 199 g/mol. The molecule has 0 aliphatic heterocycles. The number of rotatable bonds is 1. The van der Waals surface area contributed by atoms with Crippen LogP contribution in [0.15, 0.2) is 11.8 Å². The quantitative estimate of drug-likeness (QED) is 0.682. The SMILES string of the molecule is CC(C)C(C)(C)O.NC1=CCCCC1. The Morgan fingerprint density at radius 1 is 1.36 bits per heavy atom. The van der Waals surface area contributed by atoms with Crippen molar-refractivity contribution in [2.45, 2.75) is 59.0 Å². The largest absolute Gasteiger partial charge is 0.402 e. The maximum absolute atomic E-state index is 9.09. The molecule has 1 aliphatic carbocycles. The number of allylic oxidation sites excluding steroid dienone is 2. The van der Waals surface area contributed by atoms with Crippen LogP contribution in [0, 0.1) is 5.92 Å². The molecule has 0 saturated heterocycles. The first-order valence-corrected chi connectivity index (χ1v) is 5.51. The molecule has 1 rings (SSSR count). The molecule has 1 aliphatic rings. The zero-order chi connectivity index (χ0) is 11.2. The van der Waals surface area contributed by atoms with Crippen LogP contribution in [0.2, 0.25) is 0 Å². The van der Waals surface area contributed by atoms with E-state index < -0.39 is 5.60 Å². The van der Waals surface area contributed by atoms with Gasteiger partial charge in [0.05, 0.1) is 5.60 Å². The fraction of sp³-hybridized carbons (Fsp3) is 0.833. The van der Waals surface area contributed by atoms with E-state index >= 15 is 0 Å². The molecule has 2 heteroatoms. The van der Waals surface area contributed by atoms with Crippen molar-refractivity contribution in [1.29, 1.82) is 0 Å². The Morgan fingerprint density at radius 2 is 1.86 bits per heavy atom. The lowest BCUT2D eigenvalue weighted by Gasteiger charge is -2.21. The molecule has 0 aromatic heterocycles. The van der Waals surface area contributed by atoms with Crippen LogP contribution in [0.25, 0.3) is 0 Å². The summed E-state index contributed by atoms with van der Waals surface area (Å²) in [5.74, 6) is 0.354. The number of nitrogens with two attached hydrogens (primary N) is 1. The van der Waals surface area contributed by atoms with Crippen molar-refractivity contribution >= 4 is 0 Å². The van der Waals surface area contributed by atoms with Crippen LogP contribution >= 0.6 is 0 Å². The van der Waals surface area contributed by atoms with Crippen molar-refractivity contribution in [3.8, 4) is 0 Å². The van der Waals surface area contributed by atoms with Crippen molar-refractivity contribution in [3.05, 3.63) is 11.8 Å². The van der Waals surface area contributed by atoms with Gasteiger partial charge in [-0.25, -0.2) is 0 Å². The first-order valence-electron chi connectivity index (χ1n) is 5.51. The first-order chi connectivity index (χ1) is 6.34. The Balaban J connectivity index is 0.000000241. The minimum Gasteiger partial charge on any atom is -0.402 e. The zero-order valence-electron chi connectivity index (χ0n) is 10.0. The van der Waals surface area contributed by atoms with E-state index in [0.29, 0.717) is 5.92 Å². The Hall–Kier alpha value is -0.500. The maximum atomic E-state index is 9.09. The van der Waals surface area contributed by atoms with Crippen molar-refractivity contribution in [2.24, 2.45) is 11.7 Å². The molecule has 2 nitrogen and oxygen atoms in total. The highest BCUT2D eigenvalue weighted by Gasteiger charge is 2.16. The molecular formula is C12H25NO. The molecule has 0 radical (unpaired) electrons. The third kappa shape index (κ3) is 6.96. The zero-order valence-corrected chi connectivity index (χ0v) is 10.0. The molecular weight excluding hydrogens is 174 g/mol. The average molecular weight is 199 g/mol. The molecule has 0 unspecified atom stereocenters. The van der Waals surface area contributed by atoms with Gasteiger partial charge in [-0.1, -0.05) is 19.9 Å². The van der Waals surface area contributed by atoms with Gasteiger partial charge in [0.2, 0.25) is 0 Å². The number of aliphatic hydroxyl groups is 1. The van der Waals surface area contributed by atoms with Gasteiger partial charge in [-0.3, -0.25) is 0 Å². The lowest BCUT2D eigenvalue weighted by atomic mass is 9.95. The molecule has 0 atom stereocenters. The Bertz CT molecular complexity index is 177. The van der Waals surface area contributed by atoms with Gasteiger partial charge in [0, 0.05) is 5.70 Å². The summed E-state index contributed by atoms with van der Waals surface area (Å²) in [7, 11) is 0. The average Bonchev–Trinajstić information content (AvgIpc) is 2.04. The van der Waals surface area contributed by atoms with E-state index in [2.05, 4.69) is 6.08 Å². The Labute approximate surface area is 88.2 Å². The first kappa shape index (κ1) is 13.5. The lowest BCUT2D eigenvalue weighted by molar-refractivity contribution is 0.0327. The molecule has 0 aromatic rings. The normalized spacial score (nSPS) is 17.1. The third-order valence-electron chi connectivity index (χ3n) is 2.74. The number of hydrogen-bond acceptors (Lipinski definition) is 2. The van der Waals surface area contributed by atoms with Crippen molar-refractivity contribution in [3.63, 3.8) is 0 Å². The summed E-state index contributed by atoms with van der Waals surface area (Å²) in [6.07, 6.45) is 7.08. The molecule has 0 saturated carbocycles. The smallest absolute Gasteiger partial charge is 0.0614 e. The summed E-state index contributed by atoms with van der Waals surface area (Å²) in [6.45, 7) is 7.63. The minimum absolute atomic E-state index is 0.354. The summed E-state index contributed by atoms with van der Waals surface area (Å²) in [4.78, 5) is 0. The van der Waals surface area contributed by atoms with Gasteiger partial charge in [0.1, 0.15) is 0 Å². The van der Waals surface area contributed by atoms with Crippen LogP contribution in [-0.4, -0.2) is 10.7 Å². The van der Waals surface area contributed by atoms with E-state index in [1.165, 1.54) is 19.3 Å².